The van der Waals surface area contributed by atoms with Crippen LogP contribution in [-0.2, 0) is 40.6 Å². The molecule has 8 heteroatoms. The van der Waals surface area contributed by atoms with Crippen molar-refractivity contribution in [2.24, 2.45) is 0 Å². The Morgan fingerprint density at radius 1 is 0.587 bits per heavy atom. The molecule has 0 bridgehead atoms. The molecule has 63 heavy (non-hydrogen) atoms. The number of benzene rings is 4. The molecule has 0 radical (unpaired) electrons. The number of carbonyl (C=O) groups excluding carboxylic acids is 2. The number of allylic oxidation sites excluding steroid dienone is 2. The van der Waals surface area contributed by atoms with Crippen LogP contribution in [0.2, 0.25) is 0 Å². The first-order valence-corrected chi connectivity index (χ1v) is 22.4. The van der Waals surface area contributed by atoms with Gasteiger partial charge in [-0.25, -0.2) is 9.59 Å². The SMILES string of the molecule is CO[C@H]1O[C@H](COC(=O)c2ccc(/C=C(\C)c3ccc4c(c3)C(C)(C)CCC4(C)C)cc2)[C@@H](O)[C@H](O)[C@H]1OC(=O)c1ccc(/C=C(\C)c2ccc3c(c2)C(C)(C)CCC3(C)C)cc1. The lowest BCUT2D eigenvalue weighted by Gasteiger charge is -2.42. The van der Waals surface area contributed by atoms with E-state index in [0.29, 0.717) is 5.56 Å². The second kappa shape index (κ2) is 17.6. The number of aliphatic hydroxyl groups is 2. The molecular weight excluding hydrogens is 789 g/mol. The number of hydrogen-bond donors (Lipinski definition) is 2. The van der Waals surface area contributed by atoms with Crippen LogP contribution in [0.15, 0.2) is 84.9 Å². The molecule has 2 N–H and O–H groups in total. The third-order valence-electron chi connectivity index (χ3n) is 14.2. The molecule has 0 saturated carbocycles. The number of esters is 2. The zero-order valence-corrected chi connectivity index (χ0v) is 39.0. The largest absolute Gasteiger partial charge is 0.459 e. The minimum atomic E-state index is -1.57. The van der Waals surface area contributed by atoms with Crippen LogP contribution in [0.5, 0.6) is 0 Å². The molecule has 0 aromatic heterocycles. The van der Waals surface area contributed by atoms with Crippen LogP contribution in [-0.4, -0.2) is 66.6 Å². The summed E-state index contributed by atoms with van der Waals surface area (Å²) in [4.78, 5) is 26.4. The van der Waals surface area contributed by atoms with Gasteiger partial charge in [-0.3, -0.25) is 0 Å². The fraction of sp³-hybridized carbons (Fsp3) is 0.455. The molecule has 334 valence electrons. The predicted molar refractivity (Wildman–Crippen MR) is 251 cm³/mol. The van der Waals surface area contributed by atoms with Gasteiger partial charge in [-0.1, -0.05) is 128 Å². The van der Waals surface area contributed by atoms with Crippen LogP contribution in [0, 0.1) is 0 Å². The lowest BCUT2D eigenvalue weighted by atomic mass is 9.63. The van der Waals surface area contributed by atoms with Crippen LogP contribution in [0.4, 0.5) is 0 Å². The van der Waals surface area contributed by atoms with Gasteiger partial charge in [-0.15, -0.1) is 0 Å². The molecular formula is C55H66O8. The Kier molecular flexibility index (Phi) is 12.9. The van der Waals surface area contributed by atoms with Crippen molar-refractivity contribution in [2.75, 3.05) is 13.7 Å². The summed E-state index contributed by atoms with van der Waals surface area (Å²) in [6, 6.07) is 27.8. The third kappa shape index (κ3) is 9.66. The topological polar surface area (TPSA) is 112 Å². The second-order valence-corrected chi connectivity index (χ2v) is 20.7. The number of fused-ring (bicyclic) bond motifs is 2. The fourth-order valence-electron chi connectivity index (χ4n) is 9.56. The molecule has 4 aromatic carbocycles. The average Bonchev–Trinajstić information content (AvgIpc) is 3.25. The van der Waals surface area contributed by atoms with E-state index in [0.717, 1.165) is 47.1 Å². The molecule has 3 aliphatic rings. The Bertz CT molecular complexity index is 2390. The summed E-state index contributed by atoms with van der Waals surface area (Å²) >= 11 is 0. The van der Waals surface area contributed by atoms with E-state index < -0.39 is 42.6 Å². The number of carbonyl (C=O) groups is 2. The summed E-state index contributed by atoms with van der Waals surface area (Å²) in [5, 5.41) is 22.2. The molecule has 5 atom stereocenters. The van der Waals surface area contributed by atoms with E-state index in [1.807, 2.05) is 24.3 Å². The summed E-state index contributed by atoms with van der Waals surface area (Å²) < 4.78 is 22.5. The van der Waals surface area contributed by atoms with Gasteiger partial charge in [0.25, 0.3) is 0 Å². The van der Waals surface area contributed by atoms with Crippen molar-refractivity contribution in [3.05, 3.63) is 141 Å². The number of rotatable bonds is 10. The monoisotopic (exact) mass is 854 g/mol. The summed E-state index contributed by atoms with van der Waals surface area (Å²) in [5.41, 5.74) is 13.2. The highest BCUT2D eigenvalue weighted by Crippen LogP contribution is 2.48. The lowest BCUT2D eigenvalue weighted by Crippen LogP contribution is -2.60. The standard InChI is InChI=1S/C55H66O8/c1-33(39-20-22-41-43(30-39)54(7,8)26-24-52(41,3)4)28-35-12-16-37(17-13-35)49(58)61-32-45-46(56)47(57)48(51(60-11)62-45)63-50(59)38-18-14-36(15-19-38)29-34(2)40-21-23-42-44(31-40)55(9,10)27-25-53(42,5)6/h12-23,28-31,45-48,51,56-57H,24-27,32H2,1-11H3/b33-28+,34-29+/t45-,46-,47+,48-,51+/m1/s1. The Morgan fingerprint density at radius 3 is 1.41 bits per heavy atom. The molecule has 2 aliphatic carbocycles. The minimum absolute atomic E-state index is 0.108. The van der Waals surface area contributed by atoms with Gasteiger partial charge in [-0.05, 0) is 141 Å². The van der Waals surface area contributed by atoms with Crippen LogP contribution >= 0.6 is 0 Å². The van der Waals surface area contributed by atoms with E-state index >= 15 is 0 Å². The van der Waals surface area contributed by atoms with Crippen molar-refractivity contribution < 1.29 is 38.7 Å². The van der Waals surface area contributed by atoms with E-state index in [4.69, 9.17) is 18.9 Å². The maximum atomic E-state index is 13.3. The molecule has 1 heterocycles. The van der Waals surface area contributed by atoms with Gasteiger partial charge in [0.1, 0.15) is 24.9 Å². The average molecular weight is 855 g/mol. The minimum Gasteiger partial charge on any atom is -0.459 e. The van der Waals surface area contributed by atoms with Crippen molar-refractivity contribution in [1.82, 2.24) is 0 Å². The maximum absolute atomic E-state index is 13.3. The first-order valence-electron chi connectivity index (χ1n) is 22.4. The molecule has 4 aromatic rings. The predicted octanol–water partition coefficient (Wildman–Crippen LogP) is 11.0. The number of aliphatic hydroxyl groups excluding tert-OH is 2. The zero-order valence-electron chi connectivity index (χ0n) is 39.0. The normalized spacial score (nSPS) is 24.7. The first-order chi connectivity index (χ1) is 29.6. The van der Waals surface area contributed by atoms with Crippen LogP contribution in [0.25, 0.3) is 23.3 Å². The Hall–Kier alpha value is -4.86. The van der Waals surface area contributed by atoms with Gasteiger partial charge < -0.3 is 29.2 Å². The third-order valence-corrected chi connectivity index (χ3v) is 14.2. The summed E-state index contributed by atoms with van der Waals surface area (Å²) in [6.07, 6.45) is 2.01. The smallest absolute Gasteiger partial charge is 0.338 e. The van der Waals surface area contributed by atoms with Crippen molar-refractivity contribution in [3.63, 3.8) is 0 Å². The molecule has 0 unspecified atom stereocenters. The maximum Gasteiger partial charge on any atom is 0.338 e. The van der Waals surface area contributed by atoms with E-state index in [1.54, 1.807) is 24.3 Å². The summed E-state index contributed by atoms with van der Waals surface area (Å²) in [6.45, 7) is 22.4. The Balaban J connectivity index is 0.938. The van der Waals surface area contributed by atoms with Gasteiger partial charge in [-0.2, -0.15) is 0 Å². The highest BCUT2D eigenvalue weighted by Gasteiger charge is 2.48. The Morgan fingerprint density at radius 2 is 0.984 bits per heavy atom. The first kappa shape index (κ1) is 46.1. The van der Waals surface area contributed by atoms with Crippen LogP contribution in [0.1, 0.15) is 160 Å². The highest BCUT2D eigenvalue weighted by molar-refractivity contribution is 5.91. The van der Waals surface area contributed by atoms with Crippen LogP contribution in [0.3, 0.4) is 0 Å². The van der Waals surface area contributed by atoms with Gasteiger partial charge in [0.15, 0.2) is 12.4 Å². The van der Waals surface area contributed by atoms with Gasteiger partial charge >= 0.3 is 11.9 Å². The number of ether oxygens (including phenoxy) is 4. The Labute approximate surface area is 374 Å². The van der Waals surface area contributed by atoms with Crippen molar-refractivity contribution in [1.29, 1.82) is 0 Å². The van der Waals surface area contributed by atoms with Crippen LogP contribution < -0.4 is 0 Å². The fourth-order valence-corrected chi connectivity index (χ4v) is 9.56. The summed E-state index contributed by atoms with van der Waals surface area (Å²) in [7, 11) is 1.34. The van der Waals surface area contributed by atoms with Gasteiger partial charge in [0.05, 0.1) is 11.1 Å². The highest BCUT2D eigenvalue weighted by atomic mass is 16.7. The molecule has 1 fully saturated rings. The van der Waals surface area contributed by atoms with E-state index in [2.05, 4.69) is 118 Å². The van der Waals surface area contributed by atoms with Crippen molar-refractivity contribution in [2.45, 2.75) is 147 Å². The number of methoxy groups -OCH3 is 1. The van der Waals surface area contributed by atoms with Gasteiger partial charge in [0.2, 0.25) is 0 Å². The van der Waals surface area contributed by atoms with E-state index in [9.17, 15) is 19.8 Å². The van der Waals surface area contributed by atoms with Gasteiger partial charge in [0, 0.05) is 7.11 Å². The quantitative estimate of drug-likeness (QED) is 0.120. The zero-order chi connectivity index (χ0) is 45.6. The molecule has 1 saturated heterocycles. The van der Waals surface area contributed by atoms with E-state index in [1.165, 1.54) is 41.3 Å². The summed E-state index contributed by atoms with van der Waals surface area (Å²) in [5.74, 6) is -1.32. The van der Waals surface area contributed by atoms with E-state index in [-0.39, 0.29) is 33.8 Å². The molecule has 8 nitrogen and oxygen atoms in total. The molecule has 1 aliphatic heterocycles. The molecule has 0 spiro atoms. The van der Waals surface area contributed by atoms with Crippen molar-refractivity contribution in [3.8, 4) is 0 Å². The number of hydrogen-bond acceptors (Lipinski definition) is 8. The second-order valence-electron chi connectivity index (χ2n) is 20.7. The van der Waals surface area contributed by atoms with Crippen molar-refractivity contribution >= 4 is 35.2 Å². The molecule has 0 amide bonds. The lowest BCUT2D eigenvalue weighted by molar-refractivity contribution is -0.293. The molecule has 7 rings (SSSR count).